The summed E-state index contributed by atoms with van der Waals surface area (Å²) in [5.41, 5.74) is 1.72. The van der Waals surface area contributed by atoms with Gasteiger partial charge in [0.2, 0.25) is 0 Å². The zero-order valence-electron chi connectivity index (χ0n) is 19.4. The van der Waals surface area contributed by atoms with E-state index in [-0.39, 0.29) is 11.5 Å². The van der Waals surface area contributed by atoms with E-state index in [0.717, 1.165) is 17.1 Å². The summed E-state index contributed by atoms with van der Waals surface area (Å²) in [6, 6.07) is 22.2. The first-order chi connectivity index (χ1) is 16.3. The van der Waals surface area contributed by atoms with E-state index < -0.39 is 15.9 Å². The van der Waals surface area contributed by atoms with Crippen LogP contribution in [0.1, 0.15) is 11.1 Å². The molecular weight excluding hydrogens is 454 g/mol. The maximum Gasteiger partial charge on any atom is 0.175 e. The minimum atomic E-state index is -3.27. The van der Waals surface area contributed by atoms with Crippen LogP contribution in [0.3, 0.4) is 0 Å². The Labute approximate surface area is 201 Å². The van der Waals surface area contributed by atoms with Gasteiger partial charge in [0.15, 0.2) is 9.84 Å². The molecule has 3 aromatic carbocycles. The van der Waals surface area contributed by atoms with E-state index in [1.54, 1.807) is 19.1 Å². The third kappa shape index (κ3) is 8.37. The lowest BCUT2D eigenvalue weighted by Crippen LogP contribution is -2.33. The molecular formula is C26H31NO6S. The number of benzene rings is 3. The number of rotatable bonds is 13. The van der Waals surface area contributed by atoms with E-state index in [1.165, 1.54) is 12.3 Å². The molecule has 0 aromatic heterocycles. The van der Waals surface area contributed by atoms with Crippen molar-refractivity contribution in [3.05, 3.63) is 83.9 Å². The maximum atomic E-state index is 11.7. The number of hydrogen-bond donors (Lipinski definition) is 2. The monoisotopic (exact) mass is 485 g/mol. The SMILES string of the molecule is Cc1cc(OCC(O)CNCCOc2ccc(OCc3ccccc3)cc2)ccc1S(C)(=O)=O. The van der Waals surface area contributed by atoms with Crippen molar-refractivity contribution < 1.29 is 27.7 Å². The second-order valence-electron chi connectivity index (χ2n) is 7.96. The fraction of sp³-hybridized carbons (Fsp3) is 0.308. The van der Waals surface area contributed by atoms with Crippen molar-refractivity contribution in [1.82, 2.24) is 5.32 Å². The summed E-state index contributed by atoms with van der Waals surface area (Å²) in [6.07, 6.45) is 0.460. The molecule has 3 rings (SSSR count). The number of sulfone groups is 1. The molecule has 0 fully saturated rings. The quantitative estimate of drug-likeness (QED) is 0.359. The van der Waals surface area contributed by atoms with Gasteiger partial charge in [0, 0.05) is 19.3 Å². The highest BCUT2D eigenvalue weighted by Crippen LogP contribution is 2.21. The first kappa shape index (κ1) is 25.6. The second-order valence-corrected chi connectivity index (χ2v) is 9.95. The van der Waals surface area contributed by atoms with Crippen molar-refractivity contribution in [2.45, 2.75) is 24.5 Å². The van der Waals surface area contributed by atoms with Gasteiger partial charge in [-0.1, -0.05) is 30.3 Å². The highest BCUT2D eigenvalue weighted by atomic mass is 32.2. The lowest BCUT2D eigenvalue weighted by Gasteiger charge is -2.14. The van der Waals surface area contributed by atoms with Crippen LogP contribution in [-0.4, -0.2) is 52.2 Å². The number of nitrogens with one attached hydrogen (secondary N) is 1. The minimum absolute atomic E-state index is 0.0932. The van der Waals surface area contributed by atoms with E-state index in [2.05, 4.69) is 5.32 Å². The van der Waals surface area contributed by atoms with Gasteiger partial charge in [-0.3, -0.25) is 0 Å². The van der Waals surface area contributed by atoms with E-state index in [4.69, 9.17) is 14.2 Å². The molecule has 182 valence electrons. The van der Waals surface area contributed by atoms with Crippen LogP contribution >= 0.6 is 0 Å². The highest BCUT2D eigenvalue weighted by molar-refractivity contribution is 7.90. The second kappa shape index (κ2) is 12.4. The van der Waals surface area contributed by atoms with Gasteiger partial charge in [-0.05, 0) is 60.5 Å². The molecule has 0 saturated heterocycles. The fourth-order valence-electron chi connectivity index (χ4n) is 3.26. The molecule has 0 aliphatic heterocycles. The Balaban J connectivity index is 1.30. The number of aryl methyl sites for hydroxylation is 1. The van der Waals surface area contributed by atoms with Crippen LogP contribution in [0.5, 0.6) is 17.2 Å². The third-order valence-electron chi connectivity index (χ3n) is 4.99. The Morgan fingerprint density at radius 3 is 2.18 bits per heavy atom. The van der Waals surface area contributed by atoms with Gasteiger partial charge in [-0.15, -0.1) is 0 Å². The van der Waals surface area contributed by atoms with Gasteiger partial charge in [0.25, 0.3) is 0 Å². The van der Waals surface area contributed by atoms with E-state index in [9.17, 15) is 13.5 Å². The van der Waals surface area contributed by atoms with Gasteiger partial charge in [-0.2, -0.15) is 0 Å². The Kier molecular flexibility index (Phi) is 9.33. The van der Waals surface area contributed by atoms with Crippen LogP contribution in [0.4, 0.5) is 0 Å². The molecule has 0 spiro atoms. The molecule has 1 atom stereocenters. The van der Waals surface area contributed by atoms with E-state index in [1.807, 2.05) is 54.6 Å². The van der Waals surface area contributed by atoms with Crippen LogP contribution in [0.25, 0.3) is 0 Å². The topological polar surface area (TPSA) is 94.1 Å². The Morgan fingerprint density at radius 2 is 1.53 bits per heavy atom. The summed E-state index contributed by atoms with van der Waals surface area (Å²) >= 11 is 0. The molecule has 0 aliphatic rings. The van der Waals surface area contributed by atoms with Gasteiger partial charge in [-0.25, -0.2) is 8.42 Å². The van der Waals surface area contributed by atoms with E-state index >= 15 is 0 Å². The molecule has 34 heavy (non-hydrogen) atoms. The first-order valence-corrected chi connectivity index (χ1v) is 12.9. The van der Waals surface area contributed by atoms with Crippen molar-refractivity contribution in [1.29, 1.82) is 0 Å². The van der Waals surface area contributed by atoms with Crippen LogP contribution in [0.2, 0.25) is 0 Å². The number of aliphatic hydroxyl groups is 1. The molecule has 0 heterocycles. The Hall–Kier alpha value is -3.07. The smallest absolute Gasteiger partial charge is 0.175 e. The van der Waals surface area contributed by atoms with Crippen LogP contribution in [-0.2, 0) is 16.4 Å². The van der Waals surface area contributed by atoms with Crippen molar-refractivity contribution in [2.24, 2.45) is 0 Å². The molecule has 0 aliphatic carbocycles. The maximum absolute atomic E-state index is 11.7. The van der Waals surface area contributed by atoms with Crippen molar-refractivity contribution in [3.63, 3.8) is 0 Å². The zero-order chi connectivity index (χ0) is 24.4. The summed E-state index contributed by atoms with van der Waals surface area (Å²) in [6.45, 7) is 3.68. The Morgan fingerprint density at radius 1 is 0.882 bits per heavy atom. The minimum Gasteiger partial charge on any atom is -0.492 e. The highest BCUT2D eigenvalue weighted by Gasteiger charge is 2.12. The van der Waals surface area contributed by atoms with Crippen molar-refractivity contribution in [3.8, 4) is 17.2 Å². The summed E-state index contributed by atoms with van der Waals surface area (Å²) in [7, 11) is -3.27. The standard InChI is InChI=1S/C26H31NO6S/c1-20-16-25(12-13-26(20)34(2,29)30)33-19-22(28)17-27-14-15-31-23-8-10-24(11-9-23)32-18-21-6-4-3-5-7-21/h3-13,16,22,27-28H,14-15,17-19H2,1-2H3. The van der Waals surface area contributed by atoms with Gasteiger partial charge in [0.1, 0.15) is 43.2 Å². The summed E-state index contributed by atoms with van der Waals surface area (Å²) in [5, 5.41) is 13.2. The number of hydrogen-bond acceptors (Lipinski definition) is 7. The molecule has 0 amide bonds. The van der Waals surface area contributed by atoms with Gasteiger partial charge >= 0.3 is 0 Å². The number of aliphatic hydroxyl groups excluding tert-OH is 1. The van der Waals surface area contributed by atoms with Crippen LogP contribution in [0.15, 0.2) is 77.7 Å². The molecule has 2 N–H and O–H groups in total. The summed E-state index contributed by atoms with van der Waals surface area (Å²) < 4.78 is 40.4. The lowest BCUT2D eigenvalue weighted by atomic mass is 10.2. The molecule has 8 heteroatoms. The number of ether oxygens (including phenoxy) is 3. The normalized spacial score (nSPS) is 12.2. The average molecular weight is 486 g/mol. The van der Waals surface area contributed by atoms with Gasteiger partial charge in [0.05, 0.1) is 4.90 Å². The molecule has 3 aromatic rings. The molecule has 7 nitrogen and oxygen atoms in total. The van der Waals surface area contributed by atoms with Crippen molar-refractivity contribution >= 4 is 9.84 Å². The average Bonchev–Trinajstić information content (AvgIpc) is 2.82. The predicted octanol–water partition coefficient (Wildman–Crippen LogP) is 3.39. The summed E-state index contributed by atoms with van der Waals surface area (Å²) in [4.78, 5) is 0.274. The predicted molar refractivity (Wildman–Crippen MR) is 131 cm³/mol. The molecule has 0 radical (unpaired) electrons. The lowest BCUT2D eigenvalue weighted by molar-refractivity contribution is 0.105. The van der Waals surface area contributed by atoms with Crippen LogP contribution < -0.4 is 19.5 Å². The largest absolute Gasteiger partial charge is 0.492 e. The third-order valence-corrected chi connectivity index (χ3v) is 6.24. The first-order valence-electron chi connectivity index (χ1n) is 11.0. The fourth-order valence-corrected chi connectivity index (χ4v) is 4.22. The van der Waals surface area contributed by atoms with Crippen LogP contribution in [0, 0.1) is 6.92 Å². The molecule has 0 saturated carbocycles. The zero-order valence-corrected chi connectivity index (χ0v) is 20.3. The van der Waals surface area contributed by atoms with Gasteiger partial charge < -0.3 is 24.6 Å². The Bertz CT molecular complexity index is 1130. The van der Waals surface area contributed by atoms with E-state index in [0.29, 0.717) is 37.6 Å². The molecule has 0 bridgehead atoms. The molecule has 1 unspecified atom stereocenters. The summed E-state index contributed by atoms with van der Waals surface area (Å²) in [5.74, 6) is 2.03. The van der Waals surface area contributed by atoms with Crippen molar-refractivity contribution in [2.75, 3.05) is 32.6 Å².